The summed E-state index contributed by atoms with van der Waals surface area (Å²) in [6.45, 7) is 0.328. The monoisotopic (exact) mass is 338 g/mol. The molecule has 0 aromatic heterocycles. The summed E-state index contributed by atoms with van der Waals surface area (Å²) in [7, 11) is -4.74. The van der Waals surface area contributed by atoms with Crippen molar-refractivity contribution in [3.63, 3.8) is 0 Å². The number of anilines is 1. The summed E-state index contributed by atoms with van der Waals surface area (Å²) >= 11 is 0. The van der Waals surface area contributed by atoms with E-state index in [1.54, 1.807) is 0 Å². The number of ether oxygens (including phenoxy) is 2. The molecule has 1 rings (SSSR count). The lowest BCUT2D eigenvalue weighted by molar-refractivity contribution is 0.199. The first-order valence-electron chi connectivity index (χ1n) is 5.90. The van der Waals surface area contributed by atoms with Gasteiger partial charge in [0.25, 0.3) is 0 Å². The lowest BCUT2D eigenvalue weighted by atomic mass is 10.3. The van der Waals surface area contributed by atoms with Crippen molar-refractivity contribution in [3.8, 4) is 5.75 Å². The Kier molecular flexibility index (Phi) is 5.96. The standard InChI is InChI=1S/C11H18N2O6S2/c1-18-6-3-7-20(14,15)13-9-4-5-11(21(12,16)17)10(8-9)19-2/h4-5,8,13H,3,6-7H2,1-2H3,(H2,12,16,17). The van der Waals surface area contributed by atoms with Crippen LogP contribution >= 0.6 is 0 Å². The first kappa shape index (κ1) is 17.7. The largest absolute Gasteiger partial charge is 0.495 e. The minimum Gasteiger partial charge on any atom is -0.495 e. The first-order chi connectivity index (χ1) is 9.69. The van der Waals surface area contributed by atoms with Crippen LogP contribution in [0, 0.1) is 0 Å². The number of methoxy groups -OCH3 is 2. The number of rotatable bonds is 8. The van der Waals surface area contributed by atoms with Crippen LogP contribution in [0.4, 0.5) is 5.69 Å². The van der Waals surface area contributed by atoms with Gasteiger partial charge in [-0.1, -0.05) is 0 Å². The molecule has 120 valence electrons. The smallest absolute Gasteiger partial charge is 0.241 e. The molecule has 0 saturated carbocycles. The average molecular weight is 338 g/mol. The van der Waals surface area contributed by atoms with Crippen LogP contribution < -0.4 is 14.6 Å². The van der Waals surface area contributed by atoms with Crippen molar-refractivity contribution in [2.75, 3.05) is 31.3 Å². The van der Waals surface area contributed by atoms with Crippen LogP contribution in [0.1, 0.15) is 6.42 Å². The van der Waals surface area contributed by atoms with Gasteiger partial charge in [-0.25, -0.2) is 22.0 Å². The minimum absolute atomic E-state index is 0.0328. The second-order valence-electron chi connectivity index (χ2n) is 4.18. The zero-order valence-corrected chi connectivity index (χ0v) is 13.3. The molecule has 0 unspecified atom stereocenters. The maximum Gasteiger partial charge on any atom is 0.241 e. The molecule has 0 aliphatic heterocycles. The molecule has 0 bridgehead atoms. The van der Waals surface area contributed by atoms with E-state index in [0.29, 0.717) is 13.0 Å². The fourth-order valence-corrected chi connectivity index (χ4v) is 3.36. The summed E-state index contributed by atoms with van der Waals surface area (Å²) < 4.78 is 58.3. The van der Waals surface area contributed by atoms with Crippen molar-refractivity contribution < 1.29 is 26.3 Å². The molecule has 1 aromatic carbocycles. The van der Waals surface area contributed by atoms with Crippen LogP contribution in [-0.4, -0.2) is 43.4 Å². The highest BCUT2D eigenvalue weighted by atomic mass is 32.2. The first-order valence-corrected chi connectivity index (χ1v) is 9.10. The summed E-state index contributed by atoms with van der Waals surface area (Å²) in [6.07, 6.45) is 0.345. The molecule has 0 saturated heterocycles. The van der Waals surface area contributed by atoms with E-state index >= 15 is 0 Å². The van der Waals surface area contributed by atoms with E-state index in [2.05, 4.69) is 4.72 Å². The number of benzene rings is 1. The molecule has 10 heteroatoms. The molecule has 8 nitrogen and oxygen atoms in total. The van der Waals surface area contributed by atoms with Crippen LogP contribution in [0.25, 0.3) is 0 Å². The van der Waals surface area contributed by atoms with E-state index in [-0.39, 0.29) is 22.1 Å². The quantitative estimate of drug-likeness (QED) is 0.649. The Morgan fingerprint density at radius 3 is 2.38 bits per heavy atom. The lowest BCUT2D eigenvalue weighted by Crippen LogP contribution is -2.18. The number of hydrogen-bond acceptors (Lipinski definition) is 6. The molecule has 0 aliphatic rings. The number of hydrogen-bond donors (Lipinski definition) is 2. The lowest BCUT2D eigenvalue weighted by Gasteiger charge is -2.11. The Hall–Kier alpha value is -1.36. The van der Waals surface area contributed by atoms with Gasteiger partial charge in [0.15, 0.2) is 0 Å². The molecule has 3 N–H and O–H groups in total. The Morgan fingerprint density at radius 1 is 1.19 bits per heavy atom. The van der Waals surface area contributed by atoms with Gasteiger partial charge >= 0.3 is 0 Å². The Morgan fingerprint density at radius 2 is 1.86 bits per heavy atom. The topological polar surface area (TPSA) is 125 Å². The Balaban J connectivity index is 2.96. The molecule has 1 aromatic rings. The molecule has 0 aliphatic carbocycles. The highest BCUT2D eigenvalue weighted by Gasteiger charge is 2.17. The van der Waals surface area contributed by atoms with Crippen molar-refractivity contribution in [1.29, 1.82) is 0 Å². The summed E-state index contributed by atoms with van der Waals surface area (Å²) in [5.41, 5.74) is 0.191. The molecule has 0 fully saturated rings. The number of primary sulfonamides is 1. The summed E-state index contributed by atoms with van der Waals surface area (Å²) in [5.74, 6) is -0.144. The highest BCUT2D eigenvalue weighted by molar-refractivity contribution is 7.92. The van der Waals surface area contributed by atoms with Crippen molar-refractivity contribution in [2.45, 2.75) is 11.3 Å². The predicted octanol–water partition coefficient (Wildman–Crippen LogP) is 0.121. The fourth-order valence-electron chi connectivity index (χ4n) is 1.59. The number of nitrogens with two attached hydrogens (primary N) is 1. The molecule has 0 heterocycles. The van der Waals surface area contributed by atoms with Crippen LogP contribution in [0.2, 0.25) is 0 Å². The van der Waals surface area contributed by atoms with E-state index in [0.717, 1.165) is 0 Å². The number of sulfonamides is 2. The molecule has 0 amide bonds. The molecule has 0 atom stereocenters. The van der Waals surface area contributed by atoms with Gasteiger partial charge in [0.05, 0.1) is 18.6 Å². The third-order valence-corrected chi connectivity index (χ3v) is 4.83. The van der Waals surface area contributed by atoms with E-state index in [4.69, 9.17) is 14.6 Å². The summed E-state index contributed by atoms with van der Waals surface area (Å²) in [6, 6.07) is 3.74. The van der Waals surface area contributed by atoms with Gasteiger partial charge < -0.3 is 9.47 Å². The Bertz CT molecular complexity index is 685. The van der Waals surface area contributed by atoms with Crippen LogP contribution in [0.15, 0.2) is 23.1 Å². The second-order valence-corrected chi connectivity index (χ2v) is 7.55. The minimum atomic E-state index is -3.94. The van der Waals surface area contributed by atoms with Crippen molar-refractivity contribution in [2.24, 2.45) is 5.14 Å². The zero-order valence-electron chi connectivity index (χ0n) is 11.7. The zero-order chi connectivity index (χ0) is 16.1. The van der Waals surface area contributed by atoms with E-state index in [9.17, 15) is 16.8 Å². The van der Waals surface area contributed by atoms with Crippen molar-refractivity contribution >= 4 is 25.7 Å². The highest BCUT2D eigenvalue weighted by Crippen LogP contribution is 2.26. The van der Waals surface area contributed by atoms with Gasteiger partial charge in [-0.05, 0) is 18.6 Å². The van der Waals surface area contributed by atoms with Crippen LogP contribution in [0.5, 0.6) is 5.75 Å². The van der Waals surface area contributed by atoms with Gasteiger partial charge in [0.2, 0.25) is 20.0 Å². The van der Waals surface area contributed by atoms with Gasteiger partial charge in [-0.2, -0.15) is 0 Å². The van der Waals surface area contributed by atoms with Gasteiger partial charge in [-0.3, -0.25) is 4.72 Å². The maximum atomic E-state index is 11.8. The predicted molar refractivity (Wildman–Crippen MR) is 78.3 cm³/mol. The fraction of sp³-hybridized carbons (Fsp3) is 0.455. The third kappa shape index (κ3) is 5.50. The molecular formula is C11H18N2O6S2. The summed E-state index contributed by atoms with van der Waals surface area (Å²) in [5, 5.41) is 5.03. The molecular weight excluding hydrogens is 320 g/mol. The van der Waals surface area contributed by atoms with Crippen LogP contribution in [0.3, 0.4) is 0 Å². The van der Waals surface area contributed by atoms with E-state index in [1.807, 2.05) is 0 Å². The molecule has 0 spiro atoms. The Labute approximate surface area is 124 Å². The average Bonchev–Trinajstić information content (AvgIpc) is 2.36. The van der Waals surface area contributed by atoms with Crippen molar-refractivity contribution in [1.82, 2.24) is 0 Å². The maximum absolute atomic E-state index is 11.8. The van der Waals surface area contributed by atoms with Gasteiger partial charge in [-0.15, -0.1) is 0 Å². The van der Waals surface area contributed by atoms with E-state index in [1.165, 1.54) is 32.4 Å². The number of nitrogens with one attached hydrogen (secondary N) is 1. The SMILES string of the molecule is COCCCS(=O)(=O)Nc1ccc(S(N)(=O)=O)c(OC)c1. The van der Waals surface area contributed by atoms with Crippen LogP contribution in [-0.2, 0) is 24.8 Å². The third-order valence-electron chi connectivity index (χ3n) is 2.51. The molecule has 21 heavy (non-hydrogen) atoms. The second kappa shape index (κ2) is 7.07. The van der Waals surface area contributed by atoms with Gasteiger partial charge in [0.1, 0.15) is 10.6 Å². The normalized spacial score (nSPS) is 12.1. The van der Waals surface area contributed by atoms with Crippen molar-refractivity contribution in [3.05, 3.63) is 18.2 Å². The van der Waals surface area contributed by atoms with E-state index < -0.39 is 20.0 Å². The summed E-state index contributed by atoms with van der Waals surface area (Å²) in [4.78, 5) is -0.215. The van der Waals surface area contributed by atoms with Gasteiger partial charge in [0, 0.05) is 19.8 Å². The molecule has 0 radical (unpaired) electrons.